The number of carbonyl (C=O) groups is 2. The smallest absolute Gasteiger partial charge is 0.328 e. The number of hydrogen-bond acceptors (Lipinski definition) is 5. The highest BCUT2D eigenvalue weighted by atomic mass is 32.2. The van der Waals surface area contributed by atoms with Crippen molar-refractivity contribution in [1.29, 1.82) is 0 Å². The van der Waals surface area contributed by atoms with E-state index in [-0.39, 0.29) is 22.3 Å². The number of rotatable bonds is 8. The second-order valence-electron chi connectivity index (χ2n) is 9.20. The lowest BCUT2D eigenvalue weighted by Crippen LogP contribution is -2.50. The van der Waals surface area contributed by atoms with E-state index in [0.29, 0.717) is 43.5 Å². The lowest BCUT2D eigenvalue weighted by atomic mass is 9.68. The topological polar surface area (TPSA) is 114 Å². The Hall–Kier alpha value is -3.85. The number of ether oxygens (including phenoxy) is 1. The maximum Gasteiger partial charge on any atom is 0.328 e. The second-order valence-corrected chi connectivity index (χ2v) is 10.9. The minimum Gasteiger partial charge on any atom is -0.496 e. The molecule has 1 saturated carbocycles. The zero-order chi connectivity index (χ0) is 26.3. The Kier molecular flexibility index (Phi) is 8.13. The van der Waals surface area contributed by atoms with E-state index in [4.69, 9.17) is 4.74 Å². The molecule has 1 fully saturated rings. The number of carbonyl (C=O) groups excluding carboxylic acids is 2. The molecule has 0 saturated heterocycles. The molecule has 0 spiro atoms. The van der Waals surface area contributed by atoms with Crippen molar-refractivity contribution in [3.8, 4) is 5.75 Å². The van der Waals surface area contributed by atoms with Gasteiger partial charge in [-0.05, 0) is 55.5 Å². The van der Waals surface area contributed by atoms with Crippen molar-refractivity contribution in [2.45, 2.75) is 42.0 Å². The zero-order valence-corrected chi connectivity index (χ0v) is 21.5. The van der Waals surface area contributed by atoms with Crippen LogP contribution in [0.2, 0.25) is 0 Å². The third-order valence-electron chi connectivity index (χ3n) is 6.88. The maximum absolute atomic E-state index is 13.0. The number of para-hydroxylation sites is 1. The van der Waals surface area contributed by atoms with Gasteiger partial charge in [-0.25, -0.2) is 17.9 Å². The molecular weight excluding hydrogens is 490 g/mol. The fraction of sp³-hybridized carbons (Fsp3) is 0.286. The lowest BCUT2D eigenvalue weighted by molar-refractivity contribution is 0.0932. The fourth-order valence-corrected chi connectivity index (χ4v) is 5.78. The molecule has 3 aromatic carbocycles. The molecule has 194 valence electrons. The highest BCUT2D eigenvalue weighted by Gasteiger charge is 2.38. The number of nitrogens with one attached hydrogen (secondary N) is 3. The van der Waals surface area contributed by atoms with Crippen molar-refractivity contribution in [2.24, 2.45) is 0 Å². The molecule has 3 aromatic rings. The van der Waals surface area contributed by atoms with Gasteiger partial charge in [0.2, 0.25) is 0 Å². The van der Waals surface area contributed by atoms with Crippen molar-refractivity contribution in [2.75, 3.05) is 13.7 Å². The van der Waals surface area contributed by atoms with Gasteiger partial charge >= 0.3 is 6.03 Å². The van der Waals surface area contributed by atoms with Crippen LogP contribution in [-0.2, 0) is 15.4 Å². The molecule has 1 aliphatic carbocycles. The highest BCUT2D eigenvalue weighted by molar-refractivity contribution is 7.90. The molecule has 1 aliphatic rings. The molecular formula is C28H31N3O5S. The molecule has 4 rings (SSSR count). The Bertz CT molecular complexity index is 1320. The van der Waals surface area contributed by atoms with E-state index in [1.54, 1.807) is 36.4 Å². The van der Waals surface area contributed by atoms with Crippen LogP contribution in [0.15, 0.2) is 89.8 Å². The van der Waals surface area contributed by atoms with Crippen molar-refractivity contribution in [3.63, 3.8) is 0 Å². The summed E-state index contributed by atoms with van der Waals surface area (Å²) in [6.45, 7) is 0.426. The third kappa shape index (κ3) is 6.29. The zero-order valence-electron chi connectivity index (χ0n) is 20.6. The van der Waals surface area contributed by atoms with E-state index in [0.717, 1.165) is 5.56 Å². The number of sulfonamides is 1. The summed E-state index contributed by atoms with van der Waals surface area (Å²) in [6, 6.07) is 24.0. The Balaban J connectivity index is 1.41. The fourth-order valence-electron chi connectivity index (χ4n) is 4.85. The summed E-state index contributed by atoms with van der Waals surface area (Å²) in [5.74, 6) is 0.302. The predicted molar refractivity (Wildman–Crippen MR) is 141 cm³/mol. The van der Waals surface area contributed by atoms with E-state index in [9.17, 15) is 18.0 Å². The van der Waals surface area contributed by atoms with Crippen LogP contribution in [0.5, 0.6) is 5.75 Å². The summed E-state index contributed by atoms with van der Waals surface area (Å²) in [7, 11) is -2.41. The summed E-state index contributed by atoms with van der Waals surface area (Å²) in [5.41, 5.74) is 1.27. The predicted octanol–water partition coefficient (Wildman–Crippen LogP) is 3.99. The van der Waals surface area contributed by atoms with Crippen molar-refractivity contribution >= 4 is 22.0 Å². The maximum atomic E-state index is 13.0. The Morgan fingerprint density at radius 1 is 0.892 bits per heavy atom. The van der Waals surface area contributed by atoms with Crippen LogP contribution in [0.3, 0.4) is 0 Å². The summed E-state index contributed by atoms with van der Waals surface area (Å²) < 4.78 is 32.4. The second kappa shape index (κ2) is 11.5. The summed E-state index contributed by atoms with van der Waals surface area (Å²) in [6.07, 6.45) is 2.69. The first-order chi connectivity index (χ1) is 17.8. The molecule has 0 bridgehead atoms. The molecule has 8 nitrogen and oxygen atoms in total. The van der Waals surface area contributed by atoms with Crippen molar-refractivity contribution in [3.05, 3.63) is 96.1 Å². The van der Waals surface area contributed by atoms with Gasteiger partial charge in [-0.1, -0.05) is 60.7 Å². The van der Waals surface area contributed by atoms with Gasteiger partial charge in [0.25, 0.3) is 15.9 Å². The Labute approximate surface area is 217 Å². The first-order valence-corrected chi connectivity index (χ1v) is 13.7. The third-order valence-corrected chi connectivity index (χ3v) is 8.23. The van der Waals surface area contributed by atoms with Gasteiger partial charge in [-0.15, -0.1) is 0 Å². The van der Waals surface area contributed by atoms with E-state index < -0.39 is 16.1 Å². The Morgan fingerprint density at radius 3 is 2.14 bits per heavy atom. The SMILES string of the molecule is COc1ccccc1C(=O)NCC1(c2ccccc2)CCC(NC(=O)NS(=O)(=O)c2ccccc2)CC1. The van der Waals surface area contributed by atoms with Crippen molar-refractivity contribution < 1.29 is 22.7 Å². The number of methoxy groups -OCH3 is 1. The van der Waals surface area contributed by atoms with Crippen LogP contribution in [0.25, 0.3) is 0 Å². The highest BCUT2D eigenvalue weighted by Crippen LogP contribution is 2.39. The van der Waals surface area contributed by atoms with Crippen LogP contribution in [0, 0.1) is 0 Å². The first-order valence-electron chi connectivity index (χ1n) is 12.2. The first kappa shape index (κ1) is 26.2. The summed E-state index contributed by atoms with van der Waals surface area (Å²) in [5, 5.41) is 5.90. The van der Waals surface area contributed by atoms with Crippen LogP contribution in [0.1, 0.15) is 41.6 Å². The lowest BCUT2D eigenvalue weighted by Gasteiger charge is -2.41. The average molecular weight is 522 g/mol. The quantitative estimate of drug-likeness (QED) is 0.415. The number of hydrogen-bond donors (Lipinski definition) is 3. The number of amides is 3. The van der Waals surface area contributed by atoms with Gasteiger partial charge in [-0.3, -0.25) is 4.79 Å². The molecule has 9 heteroatoms. The van der Waals surface area contributed by atoms with Gasteiger partial charge in [0, 0.05) is 18.0 Å². The largest absolute Gasteiger partial charge is 0.496 e. The molecule has 0 aromatic heterocycles. The molecule has 37 heavy (non-hydrogen) atoms. The van der Waals surface area contributed by atoms with E-state index in [1.165, 1.54) is 19.2 Å². The minimum absolute atomic E-state index is 0.0303. The molecule has 0 heterocycles. The molecule has 3 amide bonds. The normalized spacial score (nSPS) is 19.4. The van der Waals surface area contributed by atoms with Gasteiger partial charge in [0.1, 0.15) is 5.75 Å². The molecule has 0 unspecified atom stereocenters. The number of urea groups is 1. The molecule has 3 N–H and O–H groups in total. The Morgan fingerprint density at radius 2 is 1.49 bits per heavy atom. The molecule has 0 radical (unpaired) electrons. The number of benzene rings is 3. The van der Waals surface area contributed by atoms with Crippen LogP contribution < -0.4 is 20.1 Å². The minimum atomic E-state index is -3.95. The van der Waals surface area contributed by atoms with Crippen LogP contribution in [0.4, 0.5) is 4.79 Å². The van der Waals surface area contributed by atoms with Gasteiger partial charge < -0.3 is 15.4 Å². The molecule has 0 aliphatic heterocycles. The van der Waals surface area contributed by atoms with Crippen LogP contribution >= 0.6 is 0 Å². The standard InChI is InChI=1S/C28H31N3O5S/c1-36-25-15-9-8-14-24(25)26(32)29-20-28(21-10-4-2-5-11-21)18-16-22(17-19-28)30-27(33)31-37(34,35)23-12-6-3-7-13-23/h2-15,22H,16-20H2,1H3,(H,29,32)(H2,30,31,33). The van der Waals surface area contributed by atoms with Gasteiger partial charge in [0.05, 0.1) is 17.6 Å². The van der Waals surface area contributed by atoms with Gasteiger partial charge in [-0.2, -0.15) is 0 Å². The molecule has 0 atom stereocenters. The van der Waals surface area contributed by atoms with Crippen molar-refractivity contribution in [1.82, 2.24) is 15.4 Å². The van der Waals surface area contributed by atoms with E-state index >= 15 is 0 Å². The summed E-state index contributed by atoms with van der Waals surface area (Å²) >= 11 is 0. The summed E-state index contributed by atoms with van der Waals surface area (Å²) in [4.78, 5) is 25.5. The monoisotopic (exact) mass is 521 g/mol. The average Bonchev–Trinajstić information content (AvgIpc) is 2.93. The van der Waals surface area contributed by atoms with E-state index in [2.05, 4.69) is 27.5 Å². The van der Waals surface area contributed by atoms with Gasteiger partial charge in [0.15, 0.2) is 0 Å². The van der Waals surface area contributed by atoms with E-state index in [1.807, 2.05) is 24.3 Å². The van der Waals surface area contributed by atoms with Crippen LogP contribution in [-0.4, -0.2) is 40.1 Å².